The van der Waals surface area contributed by atoms with E-state index in [4.69, 9.17) is 9.11 Å². The Balaban J connectivity index is 3.03. The Hall–Kier alpha value is -0.960. The first-order valence-corrected chi connectivity index (χ1v) is 7.84. The lowest BCUT2D eigenvalue weighted by Gasteiger charge is -2.13. The molecule has 0 aliphatic heterocycles. The molecule has 8 heteroatoms. The molecule has 0 aliphatic carbocycles. The average Bonchev–Trinajstić information content (AvgIpc) is 2.14. The van der Waals surface area contributed by atoms with Crippen molar-refractivity contribution in [2.24, 2.45) is 0 Å². The van der Waals surface area contributed by atoms with Crippen LogP contribution in [0.15, 0.2) is 30.3 Å². The van der Waals surface area contributed by atoms with Crippen LogP contribution in [0.3, 0.4) is 0 Å². The van der Waals surface area contributed by atoms with Crippen LogP contribution in [0.1, 0.15) is 11.5 Å². The van der Waals surface area contributed by atoms with Gasteiger partial charge in [-0.3, -0.25) is 9.11 Å². The zero-order valence-electron chi connectivity index (χ0n) is 8.72. The quantitative estimate of drug-likeness (QED) is 0.762. The molecule has 0 fully saturated rings. The number of hydrogen-bond acceptors (Lipinski definition) is 4. The summed E-state index contributed by atoms with van der Waals surface area (Å²) in [6, 6.07) is 7.95. The summed E-state index contributed by atoms with van der Waals surface area (Å²) in [5.74, 6) is -2.51. The molecule has 0 unspecified atom stereocenters. The molecule has 0 aliphatic rings. The first kappa shape index (κ1) is 14.1. The molecule has 0 atom stereocenters. The van der Waals surface area contributed by atoms with Gasteiger partial charge in [0.05, 0.1) is 11.5 Å². The van der Waals surface area contributed by atoms with Gasteiger partial charge in [-0.05, 0) is 5.56 Å². The van der Waals surface area contributed by atoms with Gasteiger partial charge in [-0.1, -0.05) is 30.3 Å². The fraction of sp³-hybridized carbons (Fsp3) is 0.333. The summed E-state index contributed by atoms with van der Waals surface area (Å²) in [5, 5.41) is 0. The highest BCUT2D eigenvalue weighted by Gasteiger charge is 2.23. The van der Waals surface area contributed by atoms with E-state index in [-0.39, 0.29) is 0 Å². The first-order chi connectivity index (χ1) is 7.67. The molecule has 0 radical (unpaired) electrons. The van der Waals surface area contributed by atoms with Gasteiger partial charge < -0.3 is 0 Å². The smallest absolute Gasteiger partial charge is 0.265 e. The first-order valence-electron chi connectivity index (χ1n) is 4.63. The van der Waals surface area contributed by atoms with Crippen molar-refractivity contribution in [2.45, 2.75) is 5.92 Å². The molecule has 0 bridgehead atoms. The molecule has 6 nitrogen and oxygen atoms in total. The molecular formula is C9H12O6S2. The Bertz CT molecular complexity index is 527. The van der Waals surface area contributed by atoms with Crippen LogP contribution in [0.4, 0.5) is 0 Å². The second-order valence-corrected chi connectivity index (χ2v) is 6.60. The van der Waals surface area contributed by atoms with Gasteiger partial charge in [0.1, 0.15) is 0 Å². The Morgan fingerprint density at radius 1 is 0.882 bits per heavy atom. The average molecular weight is 280 g/mol. The van der Waals surface area contributed by atoms with Gasteiger partial charge in [0, 0.05) is 5.92 Å². The zero-order valence-corrected chi connectivity index (χ0v) is 10.4. The van der Waals surface area contributed by atoms with E-state index in [9.17, 15) is 16.8 Å². The summed E-state index contributed by atoms with van der Waals surface area (Å²) in [4.78, 5) is 0. The van der Waals surface area contributed by atoms with Crippen LogP contribution in [-0.4, -0.2) is 37.4 Å². The van der Waals surface area contributed by atoms with E-state index < -0.39 is 37.7 Å². The maximum atomic E-state index is 10.8. The molecule has 0 aromatic heterocycles. The lowest BCUT2D eigenvalue weighted by molar-refractivity contribution is 0.471. The second kappa shape index (κ2) is 5.13. The third-order valence-corrected chi connectivity index (χ3v) is 3.74. The monoisotopic (exact) mass is 280 g/mol. The van der Waals surface area contributed by atoms with E-state index in [0.717, 1.165) is 0 Å². The third-order valence-electron chi connectivity index (χ3n) is 2.09. The van der Waals surface area contributed by atoms with Crippen LogP contribution >= 0.6 is 0 Å². The minimum Gasteiger partial charge on any atom is -0.286 e. The summed E-state index contributed by atoms with van der Waals surface area (Å²) in [6.45, 7) is 0. The topological polar surface area (TPSA) is 109 Å². The molecule has 0 saturated carbocycles. The van der Waals surface area contributed by atoms with E-state index in [1.165, 1.54) is 12.1 Å². The normalized spacial score (nSPS) is 12.9. The van der Waals surface area contributed by atoms with E-state index in [1.807, 2.05) is 0 Å². The Kier molecular flexibility index (Phi) is 4.26. The van der Waals surface area contributed by atoms with Gasteiger partial charge in [-0.15, -0.1) is 0 Å². The van der Waals surface area contributed by atoms with E-state index in [0.29, 0.717) is 5.56 Å². The minimum absolute atomic E-state index is 0.419. The van der Waals surface area contributed by atoms with E-state index in [1.54, 1.807) is 18.2 Å². The van der Waals surface area contributed by atoms with Crippen molar-refractivity contribution < 1.29 is 25.9 Å². The standard InChI is InChI=1S/C9H12O6S2/c10-16(11,12)6-9(7-17(13,14)15)8-4-2-1-3-5-8/h1-5,9H,6-7H2,(H,10,11,12)(H,13,14,15). The number of rotatable bonds is 5. The van der Waals surface area contributed by atoms with Crippen LogP contribution in [-0.2, 0) is 20.2 Å². The van der Waals surface area contributed by atoms with Crippen molar-refractivity contribution >= 4 is 20.2 Å². The van der Waals surface area contributed by atoms with Crippen LogP contribution in [0, 0.1) is 0 Å². The van der Waals surface area contributed by atoms with Crippen molar-refractivity contribution in [1.29, 1.82) is 0 Å². The lowest BCUT2D eigenvalue weighted by Crippen LogP contribution is -2.21. The molecule has 0 heterocycles. The van der Waals surface area contributed by atoms with Crippen molar-refractivity contribution in [3.63, 3.8) is 0 Å². The SMILES string of the molecule is O=S(=O)(O)CC(CS(=O)(=O)O)c1ccccc1. The molecule has 0 spiro atoms. The van der Waals surface area contributed by atoms with Gasteiger partial charge in [0.2, 0.25) is 0 Å². The molecular weight excluding hydrogens is 268 g/mol. The van der Waals surface area contributed by atoms with Crippen LogP contribution < -0.4 is 0 Å². The van der Waals surface area contributed by atoms with Crippen molar-refractivity contribution in [1.82, 2.24) is 0 Å². The Labute approximate surface area is 99.8 Å². The molecule has 0 amide bonds. The van der Waals surface area contributed by atoms with Gasteiger partial charge in [0.15, 0.2) is 0 Å². The highest BCUT2D eigenvalue weighted by molar-refractivity contribution is 7.86. The predicted octanol–water partition coefficient (Wildman–Crippen LogP) is 0.546. The molecule has 1 aromatic rings. The highest BCUT2D eigenvalue weighted by Crippen LogP contribution is 2.19. The maximum Gasteiger partial charge on any atom is 0.265 e. The van der Waals surface area contributed by atoms with Crippen LogP contribution in [0.25, 0.3) is 0 Å². The molecule has 17 heavy (non-hydrogen) atoms. The zero-order chi connectivity index (χ0) is 13.1. The van der Waals surface area contributed by atoms with Crippen molar-refractivity contribution in [3.05, 3.63) is 35.9 Å². The van der Waals surface area contributed by atoms with Gasteiger partial charge in [-0.25, -0.2) is 0 Å². The van der Waals surface area contributed by atoms with Gasteiger partial charge >= 0.3 is 0 Å². The summed E-state index contributed by atoms with van der Waals surface area (Å²) in [6.07, 6.45) is 0. The minimum atomic E-state index is -4.32. The third kappa shape index (κ3) is 5.78. The lowest BCUT2D eigenvalue weighted by atomic mass is 10.0. The fourth-order valence-corrected chi connectivity index (χ4v) is 3.26. The summed E-state index contributed by atoms with van der Waals surface area (Å²) in [7, 11) is -8.64. The van der Waals surface area contributed by atoms with Gasteiger partial charge in [0.25, 0.3) is 20.2 Å². The molecule has 2 N–H and O–H groups in total. The van der Waals surface area contributed by atoms with Crippen molar-refractivity contribution in [3.8, 4) is 0 Å². The largest absolute Gasteiger partial charge is 0.286 e. The highest BCUT2D eigenvalue weighted by atomic mass is 32.2. The number of benzene rings is 1. The fourth-order valence-electron chi connectivity index (χ4n) is 1.47. The summed E-state index contributed by atoms with van der Waals surface area (Å²) >= 11 is 0. The number of hydrogen-bond donors (Lipinski definition) is 2. The summed E-state index contributed by atoms with van der Waals surface area (Å²) in [5.41, 5.74) is 0.419. The van der Waals surface area contributed by atoms with Crippen LogP contribution in [0.5, 0.6) is 0 Å². The Morgan fingerprint density at radius 3 is 1.65 bits per heavy atom. The summed E-state index contributed by atoms with van der Waals surface area (Å²) < 4.78 is 60.6. The Morgan fingerprint density at radius 2 is 1.29 bits per heavy atom. The molecule has 1 rings (SSSR count). The predicted molar refractivity (Wildman–Crippen MR) is 62.0 cm³/mol. The maximum absolute atomic E-state index is 10.8. The second-order valence-electron chi connectivity index (χ2n) is 3.60. The molecule has 1 aromatic carbocycles. The van der Waals surface area contributed by atoms with Crippen molar-refractivity contribution in [2.75, 3.05) is 11.5 Å². The van der Waals surface area contributed by atoms with Gasteiger partial charge in [-0.2, -0.15) is 16.8 Å². The molecule has 0 saturated heterocycles. The van der Waals surface area contributed by atoms with E-state index >= 15 is 0 Å². The van der Waals surface area contributed by atoms with Crippen LogP contribution in [0.2, 0.25) is 0 Å². The van der Waals surface area contributed by atoms with E-state index in [2.05, 4.69) is 0 Å². The molecule has 96 valence electrons.